The topological polar surface area (TPSA) is 71.4 Å². The number of amides is 1. The molecule has 7 heteroatoms. The number of aliphatic imine (C=N–C) groups is 1. The molecule has 2 N–H and O–H groups in total. The van der Waals surface area contributed by atoms with Crippen molar-refractivity contribution in [1.82, 2.24) is 20.0 Å². The third kappa shape index (κ3) is 4.49. The quantitative estimate of drug-likeness (QED) is 0.556. The number of guanidine groups is 1. The van der Waals surface area contributed by atoms with Crippen molar-refractivity contribution in [3.8, 4) is 0 Å². The molecule has 0 aromatic heterocycles. The van der Waals surface area contributed by atoms with Gasteiger partial charge in [-0.05, 0) is 32.6 Å². The van der Waals surface area contributed by atoms with Crippen LogP contribution in [0.1, 0.15) is 39.0 Å². The highest BCUT2D eigenvalue weighted by Gasteiger charge is 2.31. The molecule has 0 aromatic carbocycles. The van der Waals surface area contributed by atoms with Crippen molar-refractivity contribution in [3.05, 3.63) is 0 Å². The first-order valence-electron chi connectivity index (χ1n) is 10.3. The maximum absolute atomic E-state index is 12.6. The van der Waals surface area contributed by atoms with Gasteiger partial charge in [0.05, 0.1) is 12.1 Å². The molecule has 0 bridgehead atoms. The fourth-order valence-electron chi connectivity index (χ4n) is 4.49. The molecule has 3 unspecified atom stereocenters. The summed E-state index contributed by atoms with van der Waals surface area (Å²) in [5.74, 6) is 1.54. The van der Waals surface area contributed by atoms with Crippen LogP contribution in [-0.4, -0.2) is 96.7 Å². The highest BCUT2D eigenvalue weighted by molar-refractivity contribution is 5.82. The summed E-state index contributed by atoms with van der Waals surface area (Å²) < 4.78 is 0. The van der Waals surface area contributed by atoms with E-state index in [4.69, 9.17) is 0 Å². The van der Waals surface area contributed by atoms with Crippen LogP contribution in [0.4, 0.5) is 0 Å². The smallest absolute Gasteiger partial charge is 0.239 e. The molecule has 7 nitrogen and oxygen atoms in total. The van der Waals surface area contributed by atoms with Crippen molar-refractivity contribution in [1.29, 1.82) is 0 Å². The lowest BCUT2D eigenvalue weighted by Gasteiger charge is -2.39. The van der Waals surface area contributed by atoms with Gasteiger partial charge in [0.2, 0.25) is 5.91 Å². The predicted molar refractivity (Wildman–Crippen MR) is 103 cm³/mol. The lowest BCUT2D eigenvalue weighted by Crippen LogP contribution is -2.57. The Morgan fingerprint density at radius 1 is 1.08 bits per heavy atom. The van der Waals surface area contributed by atoms with Crippen molar-refractivity contribution in [2.24, 2.45) is 10.9 Å². The number of hydrogen-bond acceptors (Lipinski definition) is 4. The van der Waals surface area contributed by atoms with Gasteiger partial charge < -0.3 is 20.2 Å². The van der Waals surface area contributed by atoms with E-state index in [9.17, 15) is 9.90 Å². The van der Waals surface area contributed by atoms with Crippen molar-refractivity contribution >= 4 is 11.9 Å². The Hall–Kier alpha value is -1.34. The second-order valence-corrected chi connectivity index (χ2v) is 7.92. The predicted octanol–water partition coefficient (Wildman–Crippen LogP) is 0.351. The summed E-state index contributed by atoms with van der Waals surface area (Å²) in [6.07, 6.45) is 5.25. The standard InChI is InChI=1S/C19H35N5O2/c1-15(18(26)23-8-3-4-9-23)22-10-12-24(13-11-22)19(20-2)21-14-16-6-5-7-17(16)25/h15-17,25H,3-14H2,1-2H3,(H,20,21). The van der Waals surface area contributed by atoms with Crippen LogP contribution in [0, 0.1) is 5.92 Å². The highest BCUT2D eigenvalue weighted by Crippen LogP contribution is 2.24. The van der Waals surface area contributed by atoms with E-state index < -0.39 is 0 Å². The summed E-state index contributed by atoms with van der Waals surface area (Å²) in [4.78, 5) is 23.6. The largest absolute Gasteiger partial charge is 0.393 e. The average Bonchev–Trinajstić information content (AvgIpc) is 3.34. The second kappa shape index (κ2) is 9.04. The number of carbonyl (C=O) groups is 1. The van der Waals surface area contributed by atoms with Gasteiger partial charge in [0.25, 0.3) is 0 Å². The Kier molecular flexibility index (Phi) is 6.75. The van der Waals surface area contributed by atoms with Crippen molar-refractivity contribution in [2.75, 3.05) is 52.9 Å². The summed E-state index contributed by atoms with van der Waals surface area (Å²) in [6.45, 7) is 8.21. The monoisotopic (exact) mass is 365 g/mol. The molecule has 1 aliphatic carbocycles. The second-order valence-electron chi connectivity index (χ2n) is 7.92. The first kappa shape index (κ1) is 19.4. The zero-order chi connectivity index (χ0) is 18.5. The van der Waals surface area contributed by atoms with Gasteiger partial charge in [-0.1, -0.05) is 6.42 Å². The Labute approximate surface area is 157 Å². The molecule has 0 aromatic rings. The van der Waals surface area contributed by atoms with Crippen LogP contribution in [0.5, 0.6) is 0 Å². The third-order valence-electron chi connectivity index (χ3n) is 6.29. The Morgan fingerprint density at radius 2 is 1.77 bits per heavy atom. The van der Waals surface area contributed by atoms with Gasteiger partial charge in [-0.2, -0.15) is 0 Å². The molecule has 3 fully saturated rings. The van der Waals surface area contributed by atoms with E-state index in [-0.39, 0.29) is 18.1 Å². The van der Waals surface area contributed by atoms with E-state index in [2.05, 4.69) is 20.1 Å². The summed E-state index contributed by atoms with van der Waals surface area (Å²) in [5, 5.41) is 13.4. The number of carbonyl (C=O) groups excluding carboxylic acids is 1. The number of nitrogens with one attached hydrogen (secondary N) is 1. The molecule has 2 saturated heterocycles. The number of aliphatic hydroxyl groups excluding tert-OH is 1. The van der Waals surface area contributed by atoms with Gasteiger partial charge in [-0.15, -0.1) is 0 Å². The fraction of sp³-hybridized carbons (Fsp3) is 0.895. The minimum atomic E-state index is -0.171. The third-order valence-corrected chi connectivity index (χ3v) is 6.29. The van der Waals surface area contributed by atoms with Crippen LogP contribution in [0.25, 0.3) is 0 Å². The van der Waals surface area contributed by atoms with Crippen LogP contribution in [0.2, 0.25) is 0 Å². The maximum Gasteiger partial charge on any atom is 0.239 e. The van der Waals surface area contributed by atoms with E-state index in [0.29, 0.717) is 5.92 Å². The lowest BCUT2D eigenvalue weighted by atomic mass is 10.1. The molecule has 2 heterocycles. The van der Waals surface area contributed by atoms with Crippen LogP contribution in [-0.2, 0) is 4.79 Å². The van der Waals surface area contributed by atoms with Crippen molar-refractivity contribution < 1.29 is 9.90 Å². The summed E-state index contributed by atoms with van der Waals surface area (Å²) >= 11 is 0. The summed E-state index contributed by atoms with van der Waals surface area (Å²) in [6, 6.07) is -0.0288. The van der Waals surface area contributed by atoms with Gasteiger partial charge in [-0.3, -0.25) is 14.7 Å². The van der Waals surface area contributed by atoms with E-state index in [1.54, 1.807) is 0 Å². The molecule has 148 valence electrons. The maximum atomic E-state index is 12.6. The molecule has 0 radical (unpaired) electrons. The first-order valence-corrected chi connectivity index (χ1v) is 10.3. The van der Waals surface area contributed by atoms with E-state index in [1.165, 1.54) is 0 Å². The molecule has 1 saturated carbocycles. The molecular weight excluding hydrogens is 330 g/mol. The number of rotatable bonds is 4. The zero-order valence-electron chi connectivity index (χ0n) is 16.4. The van der Waals surface area contributed by atoms with Crippen LogP contribution in [0.3, 0.4) is 0 Å². The summed E-state index contributed by atoms with van der Waals surface area (Å²) in [7, 11) is 1.82. The van der Waals surface area contributed by atoms with Crippen molar-refractivity contribution in [3.63, 3.8) is 0 Å². The molecule has 2 aliphatic heterocycles. The van der Waals surface area contributed by atoms with Gasteiger partial charge >= 0.3 is 0 Å². The number of nitrogens with zero attached hydrogens (tertiary/aromatic N) is 4. The van der Waals surface area contributed by atoms with Crippen LogP contribution >= 0.6 is 0 Å². The number of likely N-dealkylation sites (tertiary alicyclic amines) is 1. The Balaban J connectivity index is 1.45. The number of aliphatic hydroxyl groups is 1. The first-order chi connectivity index (χ1) is 12.6. The highest BCUT2D eigenvalue weighted by atomic mass is 16.3. The van der Waals surface area contributed by atoms with E-state index in [0.717, 1.165) is 83.9 Å². The summed E-state index contributed by atoms with van der Waals surface area (Å²) in [5.41, 5.74) is 0. The van der Waals surface area contributed by atoms with Gasteiger partial charge in [0.15, 0.2) is 5.96 Å². The molecule has 3 rings (SSSR count). The van der Waals surface area contributed by atoms with E-state index in [1.807, 2.05) is 18.9 Å². The minimum absolute atomic E-state index is 0.0288. The molecule has 0 spiro atoms. The zero-order valence-corrected chi connectivity index (χ0v) is 16.4. The SMILES string of the molecule is CN=C(NCC1CCCC1O)N1CCN(C(C)C(=O)N2CCCC2)CC1. The van der Waals surface area contributed by atoms with Crippen molar-refractivity contribution in [2.45, 2.75) is 51.2 Å². The molecule has 1 amide bonds. The molecular formula is C19H35N5O2. The molecule has 3 aliphatic rings. The normalized spacial score (nSPS) is 29.3. The minimum Gasteiger partial charge on any atom is -0.393 e. The molecule has 3 atom stereocenters. The Morgan fingerprint density at radius 3 is 2.35 bits per heavy atom. The van der Waals surface area contributed by atoms with Crippen LogP contribution in [0.15, 0.2) is 4.99 Å². The fourth-order valence-corrected chi connectivity index (χ4v) is 4.49. The Bertz CT molecular complexity index is 498. The van der Waals surface area contributed by atoms with Gasteiger partial charge in [0.1, 0.15) is 0 Å². The van der Waals surface area contributed by atoms with Gasteiger partial charge in [0, 0.05) is 58.8 Å². The number of hydrogen-bond donors (Lipinski definition) is 2. The van der Waals surface area contributed by atoms with Crippen LogP contribution < -0.4 is 5.32 Å². The lowest BCUT2D eigenvalue weighted by molar-refractivity contribution is -0.135. The average molecular weight is 366 g/mol. The molecule has 26 heavy (non-hydrogen) atoms. The van der Waals surface area contributed by atoms with E-state index >= 15 is 0 Å². The van der Waals surface area contributed by atoms with Gasteiger partial charge in [-0.25, -0.2) is 0 Å². The number of piperazine rings is 1.